The quantitative estimate of drug-likeness (QED) is 0.695. The van der Waals surface area contributed by atoms with Gasteiger partial charge in [0.2, 0.25) is 5.91 Å². The summed E-state index contributed by atoms with van der Waals surface area (Å²) >= 11 is 0. The molecule has 2 atom stereocenters. The number of likely N-dealkylation sites (tertiary alicyclic amines) is 1. The minimum atomic E-state index is 0.191. The van der Waals surface area contributed by atoms with Gasteiger partial charge in [0.15, 0.2) is 0 Å². The second kappa shape index (κ2) is 6.36. The number of carbonyl (C=O) groups is 1. The van der Waals surface area contributed by atoms with Crippen molar-refractivity contribution in [3.8, 4) is 0 Å². The first-order chi connectivity index (χ1) is 8.28. The lowest BCUT2D eigenvalue weighted by Crippen LogP contribution is -2.41. The molecule has 2 bridgehead atoms. The summed E-state index contributed by atoms with van der Waals surface area (Å²) in [4.78, 5) is 14.0. The van der Waals surface area contributed by atoms with E-state index < -0.39 is 0 Å². The molecule has 2 N–H and O–H groups in total. The van der Waals surface area contributed by atoms with Crippen molar-refractivity contribution >= 4 is 5.91 Å². The average Bonchev–Trinajstić information content (AvgIpc) is 2.63. The molecule has 98 valence electrons. The van der Waals surface area contributed by atoms with E-state index in [9.17, 15) is 4.79 Å². The lowest BCUT2D eigenvalue weighted by Gasteiger charge is -2.23. The summed E-state index contributed by atoms with van der Waals surface area (Å²) < 4.78 is 0. The second-order valence-electron chi connectivity index (χ2n) is 5.37. The van der Waals surface area contributed by atoms with Crippen molar-refractivity contribution in [3.05, 3.63) is 0 Å². The van der Waals surface area contributed by atoms with Crippen molar-refractivity contribution in [2.75, 3.05) is 26.2 Å². The fourth-order valence-corrected chi connectivity index (χ4v) is 2.82. The zero-order valence-electron chi connectivity index (χ0n) is 10.9. The molecular formula is C13H25N3O. The highest BCUT2D eigenvalue weighted by atomic mass is 16.2. The van der Waals surface area contributed by atoms with Gasteiger partial charge in [0.05, 0.1) is 6.54 Å². The fourth-order valence-electron chi connectivity index (χ4n) is 2.82. The van der Waals surface area contributed by atoms with Gasteiger partial charge in [-0.2, -0.15) is 0 Å². The third-order valence-electron chi connectivity index (χ3n) is 3.83. The van der Waals surface area contributed by atoms with Crippen molar-refractivity contribution in [1.82, 2.24) is 15.5 Å². The SMILES string of the molecule is CCCCNC(=O)CN1CCC2CCC(C1)N2. The summed E-state index contributed by atoms with van der Waals surface area (Å²) in [5.74, 6) is 0.191. The van der Waals surface area contributed by atoms with Crippen molar-refractivity contribution in [2.45, 2.75) is 51.1 Å². The minimum absolute atomic E-state index is 0.191. The van der Waals surface area contributed by atoms with Crippen LogP contribution < -0.4 is 10.6 Å². The van der Waals surface area contributed by atoms with Crippen molar-refractivity contribution in [3.63, 3.8) is 0 Å². The predicted molar refractivity (Wildman–Crippen MR) is 68.9 cm³/mol. The maximum atomic E-state index is 11.7. The van der Waals surface area contributed by atoms with Crippen LogP contribution in [0.2, 0.25) is 0 Å². The zero-order valence-corrected chi connectivity index (χ0v) is 10.9. The zero-order chi connectivity index (χ0) is 12.1. The lowest BCUT2D eigenvalue weighted by atomic mass is 10.1. The van der Waals surface area contributed by atoms with Gasteiger partial charge in [0, 0.05) is 31.7 Å². The first kappa shape index (κ1) is 12.8. The maximum Gasteiger partial charge on any atom is 0.234 e. The molecule has 2 rings (SSSR count). The number of nitrogens with zero attached hydrogens (tertiary/aromatic N) is 1. The Morgan fingerprint density at radius 1 is 1.35 bits per heavy atom. The molecule has 0 aromatic carbocycles. The molecule has 17 heavy (non-hydrogen) atoms. The van der Waals surface area contributed by atoms with Crippen LogP contribution in [0.1, 0.15) is 39.0 Å². The third-order valence-corrected chi connectivity index (χ3v) is 3.83. The second-order valence-corrected chi connectivity index (χ2v) is 5.37. The molecule has 0 saturated carbocycles. The van der Waals surface area contributed by atoms with Crippen LogP contribution in [0.15, 0.2) is 0 Å². The first-order valence-corrected chi connectivity index (χ1v) is 7.03. The van der Waals surface area contributed by atoms with Crippen molar-refractivity contribution in [1.29, 1.82) is 0 Å². The van der Waals surface area contributed by atoms with E-state index in [1.165, 1.54) is 19.3 Å². The van der Waals surface area contributed by atoms with E-state index >= 15 is 0 Å². The summed E-state index contributed by atoms with van der Waals surface area (Å²) in [5.41, 5.74) is 0. The summed E-state index contributed by atoms with van der Waals surface area (Å²) in [7, 11) is 0. The Hall–Kier alpha value is -0.610. The van der Waals surface area contributed by atoms with Crippen LogP contribution in [0.3, 0.4) is 0 Å². The number of hydrogen-bond donors (Lipinski definition) is 2. The molecule has 2 fully saturated rings. The average molecular weight is 239 g/mol. The number of hydrogen-bond acceptors (Lipinski definition) is 3. The Balaban J connectivity index is 1.69. The number of fused-ring (bicyclic) bond motifs is 2. The Labute approximate surface area is 104 Å². The Kier molecular flexibility index (Phi) is 4.80. The fraction of sp³-hybridized carbons (Fsp3) is 0.923. The van der Waals surface area contributed by atoms with Gasteiger partial charge < -0.3 is 10.6 Å². The number of unbranched alkanes of at least 4 members (excludes halogenated alkanes) is 1. The smallest absolute Gasteiger partial charge is 0.234 e. The van der Waals surface area contributed by atoms with Crippen molar-refractivity contribution in [2.24, 2.45) is 0 Å². The van der Waals surface area contributed by atoms with Crippen LogP contribution in [0, 0.1) is 0 Å². The summed E-state index contributed by atoms with van der Waals surface area (Å²) in [5, 5.41) is 6.63. The largest absolute Gasteiger partial charge is 0.355 e. The minimum Gasteiger partial charge on any atom is -0.355 e. The molecule has 4 heteroatoms. The molecule has 0 radical (unpaired) electrons. The van der Waals surface area contributed by atoms with E-state index in [4.69, 9.17) is 0 Å². The summed E-state index contributed by atoms with van der Waals surface area (Å²) in [6, 6.07) is 1.32. The molecule has 4 nitrogen and oxygen atoms in total. The molecule has 2 heterocycles. The predicted octanol–water partition coefficient (Wildman–Crippen LogP) is 0.729. The van der Waals surface area contributed by atoms with Gasteiger partial charge in [-0.25, -0.2) is 0 Å². The van der Waals surface area contributed by atoms with Gasteiger partial charge in [-0.05, 0) is 25.7 Å². The highest BCUT2D eigenvalue weighted by Crippen LogP contribution is 2.19. The highest BCUT2D eigenvalue weighted by Gasteiger charge is 2.29. The van der Waals surface area contributed by atoms with Crippen LogP contribution in [0.4, 0.5) is 0 Å². The van der Waals surface area contributed by atoms with Gasteiger partial charge in [-0.3, -0.25) is 9.69 Å². The Bertz CT molecular complexity index is 257. The molecule has 0 aromatic rings. The maximum absolute atomic E-state index is 11.7. The molecular weight excluding hydrogens is 214 g/mol. The van der Waals surface area contributed by atoms with E-state index in [1.807, 2.05) is 0 Å². The molecule has 2 saturated heterocycles. The van der Waals surface area contributed by atoms with Gasteiger partial charge >= 0.3 is 0 Å². The van der Waals surface area contributed by atoms with Crippen LogP contribution in [-0.2, 0) is 4.79 Å². The third kappa shape index (κ3) is 3.96. The topological polar surface area (TPSA) is 44.4 Å². The molecule has 2 aliphatic heterocycles. The van der Waals surface area contributed by atoms with Crippen LogP contribution in [0.25, 0.3) is 0 Å². The van der Waals surface area contributed by atoms with Crippen LogP contribution in [0.5, 0.6) is 0 Å². The first-order valence-electron chi connectivity index (χ1n) is 7.03. The number of amides is 1. The van der Waals surface area contributed by atoms with Crippen molar-refractivity contribution < 1.29 is 4.79 Å². The molecule has 0 aromatic heterocycles. The molecule has 1 amide bonds. The molecule has 0 spiro atoms. The normalized spacial score (nSPS) is 29.0. The van der Waals surface area contributed by atoms with E-state index in [0.29, 0.717) is 18.6 Å². The lowest BCUT2D eigenvalue weighted by molar-refractivity contribution is -0.122. The highest BCUT2D eigenvalue weighted by molar-refractivity contribution is 5.77. The van der Waals surface area contributed by atoms with Crippen LogP contribution >= 0.6 is 0 Å². The van der Waals surface area contributed by atoms with E-state index in [-0.39, 0.29) is 5.91 Å². The van der Waals surface area contributed by atoms with E-state index in [2.05, 4.69) is 22.5 Å². The van der Waals surface area contributed by atoms with Gasteiger partial charge in [0.1, 0.15) is 0 Å². The molecule has 0 aliphatic carbocycles. The molecule has 2 aliphatic rings. The number of rotatable bonds is 5. The standard InChI is InChI=1S/C13H25N3O/c1-2-3-7-14-13(17)10-16-8-6-11-4-5-12(9-16)15-11/h11-12,15H,2-10H2,1H3,(H,14,17). The number of nitrogens with one attached hydrogen (secondary N) is 2. The monoisotopic (exact) mass is 239 g/mol. The Morgan fingerprint density at radius 2 is 2.18 bits per heavy atom. The van der Waals surface area contributed by atoms with Gasteiger partial charge in [-0.15, -0.1) is 0 Å². The van der Waals surface area contributed by atoms with Crippen LogP contribution in [-0.4, -0.2) is 49.1 Å². The van der Waals surface area contributed by atoms with E-state index in [1.54, 1.807) is 0 Å². The van der Waals surface area contributed by atoms with Gasteiger partial charge in [0.25, 0.3) is 0 Å². The summed E-state index contributed by atoms with van der Waals surface area (Å²) in [6.07, 6.45) is 6.01. The number of carbonyl (C=O) groups excluding carboxylic acids is 1. The Morgan fingerprint density at radius 3 is 3.00 bits per heavy atom. The molecule has 2 unspecified atom stereocenters. The van der Waals surface area contributed by atoms with Gasteiger partial charge in [-0.1, -0.05) is 13.3 Å². The summed E-state index contributed by atoms with van der Waals surface area (Å²) in [6.45, 7) is 5.65. The van der Waals surface area contributed by atoms with E-state index in [0.717, 1.165) is 32.5 Å².